The van der Waals surface area contributed by atoms with Crippen molar-refractivity contribution < 1.29 is 9.53 Å². The van der Waals surface area contributed by atoms with E-state index in [1.807, 2.05) is 12.1 Å². The molecule has 4 rings (SSSR count). The second-order valence-electron chi connectivity index (χ2n) is 8.98. The quantitative estimate of drug-likeness (QED) is 0.495. The zero-order valence-corrected chi connectivity index (χ0v) is 18.3. The largest absolute Gasteiger partial charge is 0.492 e. The van der Waals surface area contributed by atoms with Gasteiger partial charge in [-0.15, -0.1) is 10.2 Å². The summed E-state index contributed by atoms with van der Waals surface area (Å²) in [6.07, 6.45) is 4.83. The molecule has 2 fully saturated rings. The van der Waals surface area contributed by atoms with Crippen LogP contribution in [0.2, 0.25) is 0 Å². The Labute approximate surface area is 176 Å². The maximum absolute atomic E-state index is 12.2. The van der Waals surface area contributed by atoms with Crippen molar-refractivity contribution in [2.45, 2.75) is 69.0 Å². The highest BCUT2D eigenvalue weighted by Crippen LogP contribution is 2.45. The Bertz CT molecular complexity index is 849. The second kappa shape index (κ2) is 8.38. The van der Waals surface area contributed by atoms with Crippen LogP contribution < -0.4 is 10.1 Å². The van der Waals surface area contributed by atoms with Crippen LogP contribution in [0, 0.1) is 0 Å². The van der Waals surface area contributed by atoms with E-state index in [1.54, 1.807) is 0 Å². The van der Waals surface area contributed by atoms with E-state index < -0.39 is 0 Å². The molecular weight excluding hydrogens is 384 g/mol. The van der Waals surface area contributed by atoms with Gasteiger partial charge in [-0.3, -0.25) is 4.79 Å². The number of carbonyl (C=O) groups is 1. The van der Waals surface area contributed by atoms with Gasteiger partial charge in [-0.1, -0.05) is 44.7 Å². The fourth-order valence-corrected chi connectivity index (χ4v) is 4.12. The summed E-state index contributed by atoms with van der Waals surface area (Å²) in [6, 6.07) is 8.71. The Morgan fingerprint density at radius 3 is 2.52 bits per heavy atom. The summed E-state index contributed by atoms with van der Waals surface area (Å²) in [4.78, 5) is 12.2. The predicted molar refractivity (Wildman–Crippen MR) is 115 cm³/mol. The third-order valence-electron chi connectivity index (χ3n) is 5.29. The maximum Gasteiger partial charge on any atom is 0.230 e. The summed E-state index contributed by atoms with van der Waals surface area (Å²) in [7, 11) is 0. The lowest BCUT2D eigenvalue weighted by Crippen LogP contribution is -2.29. The van der Waals surface area contributed by atoms with Gasteiger partial charge in [-0.2, -0.15) is 0 Å². The van der Waals surface area contributed by atoms with Crippen molar-refractivity contribution in [2.24, 2.45) is 0 Å². The van der Waals surface area contributed by atoms with Crippen molar-refractivity contribution in [3.8, 4) is 5.75 Å². The minimum Gasteiger partial charge on any atom is -0.492 e. The summed E-state index contributed by atoms with van der Waals surface area (Å²) in [5.74, 6) is 2.89. The van der Waals surface area contributed by atoms with Crippen molar-refractivity contribution in [2.75, 3.05) is 18.9 Å². The molecule has 29 heavy (non-hydrogen) atoms. The molecule has 156 valence electrons. The van der Waals surface area contributed by atoms with Crippen molar-refractivity contribution in [1.82, 2.24) is 20.1 Å². The lowest BCUT2D eigenvalue weighted by atomic mass is 9.87. The van der Waals surface area contributed by atoms with Crippen LogP contribution in [0.1, 0.15) is 69.8 Å². The zero-order chi connectivity index (χ0) is 20.4. The molecule has 1 aromatic heterocycles. The number of rotatable bonds is 9. The SMILES string of the molecule is CC(C)(C)c1ccc(OCCNC(=O)CSc2nnc(C3CC3)n2C2CC2)cc1. The molecule has 2 aromatic rings. The third-order valence-corrected chi connectivity index (χ3v) is 6.23. The summed E-state index contributed by atoms with van der Waals surface area (Å²) in [5, 5.41) is 12.5. The molecule has 1 amide bonds. The zero-order valence-electron chi connectivity index (χ0n) is 17.5. The molecule has 1 N–H and O–H groups in total. The molecule has 0 radical (unpaired) electrons. The number of aromatic nitrogens is 3. The van der Waals surface area contributed by atoms with Crippen LogP contribution >= 0.6 is 11.8 Å². The lowest BCUT2D eigenvalue weighted by Gasteiger charge is -2.19. The van der Waals surface area contributed by atoms with Gasteiger partial charge in [-0.05, 0) is 48.8 Å². The Morgan fingerprint density at radius 2 is 1.90 bits per heavy atom. The van der Waals surface area contributed by atoms with Gasteiger partial charge in [-0.25, -0.2) is 0 Å². The first kappa shape index (κ1) is 20.3. The summed E-state index contributed by atoms with van der Waals surface area (Å²) in [5.41, 5.74) is 1.41. The van der Waals surface area contributed by atoms with Crippen LogP contribution in [0.15, 0.2) is 29.4 Å². The van der Waals surface area contributed by atoms with E-state index in [0.29, 0.717) is 30.9 Å². The molecule has 0 bridgehead atoms. The van der Waals surface area contributed by atoms with Crippen molar-refractivity contribution in [3.05, 3.63) is 35.7 Å². The highest BCUT2D eigenvalue weighted by molar-refractivity contribution is 7.99. The van der Waals surface area contributed by atoms with E-state index in [1.165, 1.54) is 43.0 Å². The standard InChI is InChI=1S/C22H30N4O2S/c1-22(2,3)16-6-10-18(11-7-16)28-13-12-23-19(27)14-29-21-25-24-20(15-4-5-15)26(21)17-8-9-17/h6-7,10-11,15,17H,4-5,8-9,12-14H2,1-3H3,(H,23,27). The lowest BCUT2D eigenvalue weighted by molar-refractivity contribution is -0.118. The van der Waals surface area contributed by atoms with E-state index in [4.69, 9.17) is 4.74 Å². The molecule has 0 unspecified atom stereocenters. The predicted octanol–water partition coefficient (Wildman–Crippen LogP) is 4.08. The summed E-state index contributed by atoms with van der Waals surface area (Å²) >= 11 is 1.48. The van der Waals surface area contributed by atoms with E-state index in [9.17, 15) is 4.79 Å². The molecule has 0 atom stereocenters. The fourth-order valence-electron chi connectivity index (χ4n) is 3.27. The number of amides is 1. The second-order valence-corrected chi connectivity index (χ2v) is 9.92. The van der Waals surface area contributed by atoms with Crippen molar-refractivity contribution in [3.63, 3.8) is 0 Å². The molecule has 2 aliphatic rings. The van der Waals surface area contributed by atoms with E-state index in [-0.39, 0.29) is 11.3 Å². The number of nitrogens with zero attached hydrogens (tertiary/aromatic N) is 3. The smallest absolute Gasteiger partial charge is 0.230 e. The number of hydrogen-bond acceptors (Lipinski definition) is 5. The van der Waals surface area contributed by atoms with Gasteiger partial charge >= 0.3 is 0 Å². The van der Waals surface area contributed by atoms with Crippen molar-refractivity contribution in [1.29, 1.82) is 0 Å². The van der Waals surface area contributed by atoms with Crippen LogP contribution in [0.5, 0.6) is 5.75 Å². The number of ether oxygens (including phenoxy) is 1. The highest BCUT2D eigenvalue weighted by Gasteiger charge is 2.36. The van der Waals surface area contributed by atoms with E-state index >= 15 is 0 Å². The van der Waals surface area contributed by atoms with Crippen LogP contribution in [0.25, 0.3) is 0 Å². The Kier molecular flexibility index (Phi) is 5.86. The minimum atomic E-state index is -0.000000574. The van der Waals surface area contributed by atoms with Gasteiger partial charge in [0.25, 0.3) is 0 Å². The van der Waals surface area contributed by atoms with Crippen LogP contribution in [-0.2, 0) is 10.2 Å². The van der Waals surface area contributed by atoms with Crippen LogP contribution in [0.3, 0.4) is 0 Å². The monoisotopic (exact) mass is 414 g/mol. The first-order chi connectivity index (χ1) is 13.9. The van der Waals surface area contributed by atoms with Gasteiger partial charge in [0, 0.05) is 12.0 Å². The molecule has 0 saturated heterocycles. The number of thioether (sulfide) groups is 1. The van der Waals surface area contributed by atoms with Crippen molar-refractivity contribution >= 4 is 17.7 Å². The third kappa shape index (κ3) is 5.32. The van der Waals surface area contributed by atoms with Gasteiger partial charge in [0.1, 0.15) is 18.2 Å². The van der Waals surface area contributed by atoms with Gasteiger partial charge in [0.05, 0.1) is 12.3 Å². The highest BCUT2D eigenvalue weighted by atomic mass is 32.2. The fraction of sp³-hybridized carbons (Fsp3) is 0.591. The van der Waals surface area contributed by atoms with Crippen LogP contribution in [-0.4, -0.2) is 39.6 Å². The molecule has 2 saturated carbocycles. The molecule has 2 aliphatic carbocycles. The molecule has 1 aromatic carbocycles. The summed E-state index contributed by atoms with van der Waals surface area (Å²) in [6.45, 7) is 7.52. The molecule has 7 heteroatoms. The molecule has 1 heterocycles. The average molecular weight is 415 g/mol. The Hall–Kier alpha value is -2.02. The minimum absolute atomic E-state index is 0.000000574. The molecular formula is C22H30N4O2S. The number of nitrogens with one attached hydrogen (secondary N) is 1. The average Bonchev–Trinajstić information content (AvgIpc) is 3.62. The van der Waals surface area contributed by atoms with E-state index in [0.717, 1.165) is 16.7 Å². The number of hydrogen-bond donors (Lipinski definition) is 1. The maximum atomic E-state index is 12.2. The topological polar surface area (TPSA) is 69.0 Å². The van der Waals surface area contributed by atoms with Gasteiger partial charge < -0.3 is 14.6 Å². The first-order valence-electron chi connectivity index (χ1n) is 10.5. The van der Waals surface area contributed by atoms with Crippen LogP contribution in [0.4, 0.5) is 0 Å². The number of carbonyl (C=O) groups excluding carboxylic acids is 1. The normalized spacial score (nSPS) is 16.7. The van der Waals surface area contributed by atoms with Gasteiger partial charge in [0.2, 0.25) is 5.91 Å². The van der Waals surface area contributed by atoms with E-state index in [2.05, 4.69) is 53.0 Å². The first-order valence-corrected chi connectivity index (χ1v) is 11.5. The number of benzene rings is 1. The Morgan fingerprint density at radius 1 is 1.17 bits per heavy atom. The molecule has 6 nitrogen and oxygen atoms in total. The molecule has 0 spiro atoms. The molecule has 0 aliphatic heterocycles. The summed E-state index contributed by atoms with van der Waals surface area (Å²) < 4.78 is 8.01. The Balaban J connectivity index is 1.18. The van der Waals surface area contributed by atoms with Gasteiger partial charge in [0.15, 0.2) is 5.16 Å².